The fourth-order valence-electron chi connectivity index (χ4n) is 2.26. The molecule has 1 atom stereocenters. The second-order valence-corrected chi connectivity index (χ2v) is 6.64. The van der Waals surface area contributed by atoms with Gasteiger partial charge in [-0.25, -0.2) is 4.98 Å². The van der Waals surface area contributed by atoms with Gasteiger partial charge in [-0.1, -0.05) is 22.0 Å². The summed E-state index contributed by atoms with van der Waals surface area (Å²) in [5.41, 5.74) is 9.02. The van der Waals surface area contributed by atoms with Crippen LogP contribution in [-0.4, -0.2) is 9.97 Å². The monoisotopic (exact) mass is 347 g/mol. The first kappa shape index (κ1) is 13.7. The summed E-state index contributed by atoms with van der Waals surface area (Å²) in [6.45, 7) is 4.00. The summed E-state index contributed by atoms with van der Waals surface area (Å²) in [7, 11) is 0. The number of hydrogen-bond acceptors (Lipinski definition) is 4. The Bertz CT molecular complexity index is 780. The Morgan fingerprint density at radius 2 is 2.10 bits per heavy atom. The van der Waals surface area contributed by atoms with Crippen molar-refractivity contribution >= 4 is 38.2 Å². The topological polar surface area (TPSA) is 51.8 Å². The van der Waals surface area contributed by atoms with Gasteiger partial charge in [0.1, 0.15) is 5.01 Å². The molecule has 2 heterocycles. The standard InChI is InChI=1S/C15H14BrN3S/c1-8(17)14-9(2)19-15(20-14)11-5-6-12(16)10-4-3-7-18-13(10)11/h3-8H,17H2,1-2H3. The number of nitrogens with zero attached hydrogens (tertiary/aromatic N) is 2. The first-order valence-electron chi connectivity index (χ1n) is 6.34. The van der Waals surface area contributed by atoms with Gasteiger partial charge in [-0.3, -0.25) is 4.98 Å². The van der Waals surface area contributed by atoms with Crippen LogP contribution in [0.4, 0.5) is 0 Å². The molecule has 0 bridgehead atoms. The second kappa shape index (κ2) is 5.24. The first-order chi connectivity index (χ1) is 9.58. The van der Waals surface area contributed by atoms with Crippen LogP contribution in [0.25, 0.3) is 21.5 Å². The Labute approximate surface area is 130 Å². The van der Waals surface area contributed by atoms with E-state index in [1.54, 1.807) is 11.3 Å². The number of rotatable bonds is 2. The Morgan fingerprint density at radius 1 is 1.30 bits per heavy atom. The zero-order chi connectivity index (χ0) is 14.3. The van der Waals surface area contributed by atoms with E-state index in [0.29, 0.717) is 0 Å². The summed E-state index contributed by atoms with van der Waals surface area (Å²) < 4.78 is 1.05. The zero-order valence-corrected chi connectivity index (χ0v) is 13.6. The van der Waals surface area contributed by atoms with Crippen molar-refractivity contribution in [2.45, 2.75) is 19.9 Å². The first-order valence-corrected chi connectivity index (χ1v) is 7.95. The quantitative estimate of drug-likeness (QED) is 0.744. The van der Waals surface area contributed by atoms with E-state index in [1.807, 2.05) is 32.2 Å². The van der Waals surface area contributed by atoms with Crippen molar-refractivity contribution in [1.82, 2.24) is 9.97 Å². The Morgan fingerprint density at radius 3 is 2.80 bits per heavy atom. The molecule has 20 heavy (non-hydrogen) atoms. The lowest BCUT2D eigenvalue weighted by Gasteiger charge is -2.04. The number of aromatic nitrogens is 2. The number of hydrogen-bond donors (Lipinski definition) is 1. The molecule has 0 aliphatic heterocycles. The predicted molar refractivity (Wildman–Crippen MR) is 87.9 cm³/mol. The van der Waals surface area contributed by atoms with Crippen LogP contribution < -0.4 is 5.73 Å². The van der Waals surface area contributed by atoms with Gasteiger partial charge in [0, 0.05) is 32.5 Å². The van der Waals surface area contributed by atoms with Gasteiger partial charge in [-0.05, 0) is 32.0 Å². The van der Waals surface area contributed by atoms with Crippen LogP contribution in [-0.2, 0) is 0 Å². The smallest absolute Gasteiger partial charge is 0.126 e. The van der Waals surface area contributed by atoms with Crippen molar-refractivity contribution in [3.8, 4) is 10.6 Å². The van der Waals surface area contributed by atoms with Gasteiger partial charge in [0.2, 0.25) is 0 Å². The van der Waals surface area contributed by atoms with Gasteiger partial charge in [-0.2, -0.15) is 0 Å². The van der Waals surface area contributed by atoms with Crippen LogP contribution in [0.2, 0.25) is 0 Å². The average molecular weight is 348 g/mol. The molecule has 0 radical (unpaired) electrons. The molecule has 0 saturated heterocycles. The number of aryl methyl sites for hydroxylation is 1. The average Bonchev–Trinajstić information content (AvgIpc) is 2.81. The second-order valence-electron chi connectivity index (χ2n) is 4.75. The number of benzene rings is 1. The van der Waals surface area contributed by atoms with Crippen LogP contribution in [0, 0.1) is 6.92 Å². The van der Waals surface area contributed by atoms with E-state index in [-0.39, 0.29) is 6.04 Å². The number of fused-ring (bicyclic) bond motifs is 1. The molecule has 0 saturated carbocycles. The molecule has 0 aliphatic carbocycles. The number of thiazole rings is 1. The molecule has 3 nitrogen and oxygen atoms in total. The molecular weight excluding hydrogens is 334 g/mol. The molecule has 0 fully saturated rings. The minimum atomic E-state index is 0.0101. The summed E-state index contributed by atoms with van der Waals surface area (Å²) in [5.74, 6) is 0. The van der Waals surface area contributed by atoms with E-state index in [9.17, 15) is 0 Å². The van der Waals surface area contributed by atoms with E-state index < -0.39 is 0 Å². The van der Waals surface area contributed by atoms with Crippen molar-refractivity contribution < 1.29 is 0 Å². The van der Waals surface area contributed by atoms with E-state index in [2.05, 4.69) is 38.0 Å². The highest BCUT2D eigenvalue weighted by atomic mass is 79.9. The Kier molecular flexibility index (Phi) is 3.58. The van der Waals surface area contributed by atoms with Gasteiger partial charge in [-0.15, -0.1) is 11.3 Å². The normalized spacial score (nSPS) is 12.8. The SMILES string of the molecule is Cc1nc(-c2ccc(Br)c3cccnc23)sc1C(C)N. The summed E-state index contributed by atoms with van der Waals surface area (Å²) in [5, 5.41) is 2.08. The van der Waals surface area contributed by atoms with Crippen molar-refractivity contribution in [3.63, 3.8) is 0 Å². The van der Waals surface area contributed by atoms with E-state index in [4.69, 9.17) is 5.73 Å². The number of nitrogens with two attached hydrogens (primary N) is 1. The lowest BCUT2D eigenvalue weighted by molar-refractivity contribution is 0.825. The molecule has 5 heteroatoms. The minimum Gasteiger partial charge on any atom is -0.323 e. The maximum absolute atomic E-state index is 5.99. The fourth-order valence-corrected chi connectivity index (χ4v) is 3.75. The van der Waals surface area contributed by atoms with Gasteiger partial charge >= 0.3 is 0 Å². The van der Waals surface area contributed by atoms with Gasteiger partial charge in [0.05, 0.1) is 11.2 Å². The van der Waals surface area contributed by atoms with Gasteiger partial charge in [0.25, 0.3) is 0 Å². The van der Waals surface area contributed by atoms with Crippen molar-refractivity contribution in [3.05, 3.63) is 45.5 Å². The van der Waals surface area contributed by atoms with Crippen LogP contribution in [0.5, 0.6) is 0 Å². The van der Waals surface area contributed by atoms with E-state index in [1.165, 1.54) is 0 Å². The zero-order valence-electron chi connectivity index (χ0n) is 11.2. The highest BCUT2D eigenvalue weighted by Crippen LogP contribution is 2.36. The highest BCUT2D eigenvalue weighted by Gasteiger charge is 2.15. The third-order valence-corrected chi connectivity index (χ3v) is 5.28. The third-order valence-electron chi connectivity index (χ3n) is 3.19. The maximum Gasteiger partial charge on any atom is 0.126 e. The van der Waals surface area contributed by atoms with Crippen LogP contribution in [0.3, 0.4) is 0 Å². The molecule has 1 unspecified atom stereocenters. The van der Waals surface area contributed by atoms with Crippen LogP contribution >= 0.6 is 27.3 Å². The largest absolute Gasteiger partial charge is 0.323 e. The fraction of sp³-hybridized carbons (Fsp3) is 0.200. The van der Waals surface area contributed by atoms with Crippen LogP contribution in [0.1, 0.15) is 23.5 Å². The predicted octanol–water partition coefficient (Wildman–Crippen LogP) is 4.45. The molecular formula is C15H14BrN3S. The minimum absolute atomic E-state index is 0.0101. The molecule has 2 N–H and O–H groups in total. The highest BCUT2D eigenvalue weighted by molar-refractivity contribution is 9.10. The summed E-state index contributed by atoms with van der Waals surface area (Å²) in [6.07, 6.45) is 1.81. The third kappa shape index (κ3) is 2.26. The molecule has 0 spiro atoms. The van der Waals surface area contributed by atoms with Crippen molar-refractivity contribution in [1.29, 1.82) is 0 Å². The van der Waals surface area contributed by atoms with E-state index in [0.717, 1.165) is 36.5 Å². The molecule has 0 aliphatic rings. The van der Waals surface area contributed by atoms with Crippen molar-refractivity contribution in [2.24, 2.45) is 5.73 Å². The lowest BCUT2D eigenvalue weighted by atomic mass is 10.1. The number of halogens is 1. The lowest BCUT2D eigenvalue weighted by Crippen LogP contribution is -2.03. The maximum atomic E-state index is 5.99. The molecule has 1 aromatic carbocycles. The molecule has 2 aromatic heterocycles. The van der Waals surface area contributed by atoms with E-state index >= 15 is 0 Å². The van der Waals surface area contributed by atoms with Crippen LogP contribution in [0.15, 0.2) is 34.9 Å². The summed E-state index contributed by atoms with van der Waals surface area (Å²) in [6, 6.07) is 8.11. The molecule has 3 rings (SSSR count). The molecule has 102 valence electrons. The molecule has 0 amide bonds. The van der Waals surface area contributed by atoms with Gasteiger partial charge in [0.15, 0.2) is 0 Å². The Balaban J connectivity index is 2.25. The number of pyridine rings is 1. The summed E-state index contributed by atoms with van der Waals surface area (Å²) >= 11 is 5.22. The summed E-state index contributed by atoms with van der Waals surface area (Å²) in [4.78, 5) is 10.3. The van der Waals surface area contributed by atoms with Crippen molar-refractivity contribution in [2.75, 3.05) is 0 Å². The molecule has 3 aromatic rings. The van der Waals surface area contributed by atoms with Gasteiger partial charge < -0.3 is 5.73 Å². The Hall–Kier alpha value is -1.30.